The van der Waals surface area contributed by atoms with Crippen LogP contribution in [0.2, 0.25) is 10.2 Å². The van der Waals surface area contributed by atoms with E-state index in [9.17, 15) is 9.59 Å². The molecule has 0 bridgehead atoms. The number of hydrogen-bond acceptors (Lipinski definition) is 5. The quantitative estimate of drug-likeness (QED) is 0.474. The van der Waals surface area contributed by atoms with Gasteiger partial charge in [0.2, 0.25) is 5.91 Å². The van der Waals surface area contributed by atoms with E-state index in [2.05, 4.69) is 39.3 Å². The van der Waals surface area contributed by atoms with E-state index in [1.165, 1.54) is 16.9 Å². The molecule has 0 radical (unpaired) electrons. The lowest BCUT2D eigenvalue weighted by molar-refractivity contribution is -0.117. The Balaban J connectivity index is 1.44. The SMILES string of the molecule is Cn1[nH]c(-c2ncc(NC(=O)C3CC(C)(C)c4c3cnc3cc(Cl)nn43)cc2Cl)cc1=O. The summed E-state index contributed by atoms with van der Waals surface area (Å²) < 4.78 is 3.05. The van der Waals surface area contributed by atoms with Crippen LogP contribution in [0.5, 0.6) is 0 Å². The van der Waals surface area contributed by atoms with Gasteiger partial charge >= 0.3 is 0 Å². The molecule has 164 valence electrons. The topological polar surface area (TPSA) is 110 Å². The number of H-pyrrole nitrogens is 1. The van der Waals surface area contributed by atoms with Crippen molar-refractivity contribution < 1.29 is 4.79 Å². The van der Waals surface area contributed by atoms with Crippen LogP contribution in [0, 0.1) is 0 Å². The fraction of sp³-hybridized carbons (Fsp3) is 0.286. The lowest BCUT2D eigenvalue weighted by atomic mass is 9.88. The van der Waals surface area contributed by atoms with Crippen molar-refractivity contribution in [2.45, 2.75) is 31.6 Å². The molecule has 1 aliphatic rings. The summed E-state index contributed by atoms with van der Waals surface area (Å²) in [7, 11) is 1.61. The summed E-state index contributed by atoms with van der Waals surface area (Å²) in [5, 5.41) is 10.8. The second kappa shape index (κ2) is 7.18. The van der Waals surface area contributed by atoms with E-state index in [1.54, 1.807) is 29.9 Å². The molecule has 4 aromatic rings. The van der Waals surface area contributed by atoms with Gasteiger partial charge in [-0.2, -0.15) is 5.10 Å². The number of nitrogens with zero attached hydrogens (tertiary/aromatic N) is 5. The zero-order chi connectivity index (χ0) is 22.8. The highest BCUT2D eigenvalue weighted by molar-refractivity contribution is 6.33. The molecule has 5 rings (SSSR count). The van der Waals surface area contributed by atoms with Crippen molar-refractivity contribution in [1.82, 2.24) is 29.4 Å². The second-order valence-electron chi connectivity index (χ2n) is 8.55. The highest BCUT2D eigenvalue weighted by Gasteiger charge is 2.43. The number of hydrogen-bond donors (Lipinski definition) is 2. The number of nitrogens with one attached hydrogen (secondary N) is 2. The van der Waals surface area contributed by atoms with Crippen molar-refractivity contribution in [1.29, 1.82) is 0 Å². The van der Waals surface area contributed by atoms with E-state index in [4.69, 9.17) is 23.2 Å². The summed E-state index contributed by atoms with van der Waals surface area (Å²) in [6, 6.07) is 4.72. The molecule has 0 saturated carbocycles. The van der Waals surface area contributed by atoms with Gasteiger partial charge in [-0.15, -0.1) is 0 Å². The minimum absolute atomic E-state index is 0.185. The van der Waals surface area contributed by atoms with E-state index >= 15 is 0 Å². The van der Waals surface area contributed by atoms with Gasteiger partial charge in [0, 0.05) is 36.4 Å². The lowest BCUT2D eigenvalue weighted by Gasteiger charge is -2.19. The van der Waals surface area contributed by atoms with E-state index < -0.39 is 5.92 Å². The Morgan fingerprint density at radius 3 is 2.69 bits per heavy atom. The largest absolute Gasteiger partial charge is 0.324 e. The molecule has 0 spiro atoms. The number of carbonyl (C=O) groups excluding carboxylic acids is 1. The van der Waals surface area contributed by atoms with Crippen molar-refractivity contribution in [3.8, 4) is 11.4 Å². The number of aromatic nitrogens is 6. The number of rotatable bonds is 3. The van der Waals surface area contributed by atoms with Gasteiger partial charge in [-0.3, -0.25) is 24.4 Å². The monoisotopic (exact) mass is 471 g/mol. The molecule has 9 nitrogen and oxygen atoms in total. The normalized spacial score (nSPS) is 17.0. The standard InChI is InChI=1S/C21H19Cl2N7O2/c1-21(2)7-11(12-9-24-16-6-15(23)28-30(16)19(12)21)20(32)26-10-4-13(22)18(25-8-10)14-5-17(31)29(3)27-14/h4-6,8-9,11,27H,7H2,1-3H3,(H,26,32). The lowest BCUT2D eigenvalue weighted by Crippen LogP contribution is -2.21. The van der Waals surface area contributed by atoms with Crippen LogP contribution < -0.4 is 10.9 Å². The fourth-order valence-corrected chi connectivity index (χ4v) is 4.79. The summed E-state index contributed by atoms with van der Waals surface area (Å²) in [6.07, 6.45) is 3.83. The number of fused-ring (bicyclic) bond motifs is 3. The van der Waals surface area contributed by atoms with Gasteiger partial charge < -0.3 is 5.32 Å². The number of aryl methyl sites for hydroxylation is 1. The fourth-order valence-electron chi connectivity index (χ4n) is 4.35. The molecule has 4 heterocycles. The third-order valence-electron chi connectivity index (χ3n) is 5.78. The maximum atomic E-state index is 13.2. The van der Waals surface area contributed by atoms with Crippen LogP contribution in [0.25, 0.3) is 17.0 Å². The summed E-state index contributed by atoms with van der Waals surface area (Å²) in [4.78, 5) is 33.7. The van der Waals surface area contributed by atoms with Crippen LogP contribution in [0.1, 0.15) is 37.4 Å². The Morgan fingerprint density at radius 2 is 2.00 bits per heavy atom. The molecule has 0 aliphatic heterocycles. The van der Waals surface area contributed by atoms with Crippen molar-refractivity contribution in [3.05, 3.63) is 62.4 Å². The summed E-state index contributed by atoms with van der Waals surface area (Å²) in [5.41, 5.74) is 3.28. The first-order valence-corrected chi connectivity index (χ1v) is 10.7. The molecular formula is C21H19Cl2N7O2. The number of pyridine rings is 1. The van der Waals surface area contributed by atoms with Gasteiger partial charge in [-0.1, -0.05) is 37.0 Å². The zero-order valence-electron chi connectivity index (χ0n) is 17.5. The summed E-state index contributed by atoms with van der Waals surface area (Å²) in [6.45, 7) is 4.14. The summed E-state index contributed by atoms with van der Waals surface area (Å²) >= 11 is 12.5. The maximum absolute atomic E-state index is 13.2. The first-order valence-electron chi connectivity index (χ1n) is 9.91. The molecule has 1 atom stereocenters. The van der Waals surface area contributed by atoms with Gasteiger partial charge in [0.05, 0.1) is 34.2 Å². The minimum Gasteiger partial charge on any atom is -0.324 e. The molecule has 0 saturated heterocycles. The van der Waals surface area contributed by atoms with Crippen molar-refractivity contribution >= 4 is 40.4 Å². The van der Waals surface area contributed by atoms with Crippen molar-refractivity contribution in [2.75, 3.05) is 5.32 Å². The second-order valence-corrected chi connectivity index (χ2v) is 9.34. The van der Waals surface area contributed by atoms with Crippen LogP contribution >= 0.6 is 23.2 Å². The molecule has 32 heavy (non-hydrogen) atoms. The maximum Gasteiger partial charge on any atom is 0.266 e. The van der Waals surface area contributed by atoms with Gasteiger partial charge in [-0.25, -0.2) is 9.50 Å². The minimum atomic E-state index is -0.413. The predicted octanol–water partition coefficient (Wildman–Crippen LogP) is 3.53. The molecule has 0 fully saturated rings. The Morgan fingerprint density at radius 1 is 1.22 bits per heavy atom. The summed E-state index contributed by atoms with van der Waals surface area (Å²) in [5.74, 6) is -0.598. The van der Waals surface area contributed by atoms with Crippen LogP contribution in [-0.4, -0.2) is 35.3 Å². The number of amides is 1. The molecule has 1 aliphatic carbocycles. The highest BCUT2D eigenvalue weighted by Crippen LogP contribution is 2.46. The van der Waals surface area contributed by atoms with Crippen molar-refractivity contribution in [3.63, 3.8) is 0 Å². The average Bonchev–Trinajstić information content (AvgIpc) is 3.34. The van der Waals surface area contributed by atoms with Crippen LogP contribution in [-0.2, 0) is 17.3 Å². The number of carbonyl (C=O) groups is 1. The Labute approximate surface area is 192 Å². The third-order valence-corrected chi connectivity index (χ3v) is 6.25. The molecule has 4 aromatic heterocycles. The van der Waals surface area contributed by atoms with E-state index in [0.29, 0.717) is 39.3 Å². The molecule has 2 N–H and O–H groups in total. The Hall–Kier alpha value is -3.17. The predicted molar refractivity (Wildman–Crippen MR) is 121 cm³/mol. The van der Waals surface area contributed by atoms with Gasteiger partial charge in [-0.05, 0) is 12.5 Å². The third kappa shape index (κ3) is 3.28. The number of aromatic amines is 1. The number of halogens is 2. The Kier molecular flexibility index (Phi) is 4.65. The average molecular weight is 472 g/mol. The van der Waals surface area contributed by atoms with Gasteiger partial charge in [0.25, 0.3) is 5.56 Å². The van der Waals surface area contributed by atoms with E-state index in [0.717, 1.165) is 11.3 Å². The van der Waals surface area contributed by atoms with Crippen molar-refractivity contribution in [2.24, 2.45) is 7.05 Å². The highest BCUT2D eigenvalue weighted by atomic mass is 35.5. The van der Waals surface area contributed by atoms with Crippen LogP contribution in [0.4, 0.5) is 5.69 Å². The molecule has 1 amide bonds. The van der Waals surface area contributed by atoms with Gasteiger partial charge in [0.1, 0.15) is 5.69 Å². The first kappa shape index (κ1) is 20.7. The van der Waals surface area contributed by atoms with Crippen LogP contribution in [0.3, 0.4) is 0 Å². The van der Waals surface area contributed by atoms with E-state index in [1.807, 2.05) is 0 Å². The Bertz CT molecular complexity index is 1450. The molecule has 1 unspecified atom stereocenters. The van der Waals surface area contributed by atoms with Crippen LogP contribution in [0.15, 0.2) is 35.4 Å². The molecular weight excluding hydrogens is 453 g/mol. The molecule has 11 heteroatoms. The van der Waals surface area contributed by atoms with Gasteiger partial charge in [0.15, 0.2) is 10.8 Å². The first-order chi connectivity index (χ1) is 15.1. The smallest absolute Gasteiger partial charge is 0.266 e. The zero-order valence-corrected chi connectivity index (χ0v) is 19.0. The molecule has 0 aromatic carbocycles. The number of anilines is 1. The van der Waals surface area contributed by atoms with E-state index in [-0.39, 0.29) is 16.9 Å².